The highest BCUT2D eigenvalue weighted by molar-refractivity contribution is 7.46. The fraction of sp³-hybridized carbons (Fsp3) is 0.125. The molecule has 1 aromatic carbocycles. The lowest BCUT2D eigenvalue weighted by molar-refractivity contribution is 0.278. The highest BCUT2D eigenvalue weighted by Gasteiger charge is 2.20. The molecule has 1 aromatic rings. The van der Waals surface area contributed by atoms with Crippen LogP contribution in [0.4, 0.5) is 0 Å². The molecule has 66 valence electrons. The Morgan fingerprint density at radius 1 is 1.46 bits per heavy atom. The molecule has 1 atom stereocenters. The maximum atomic E-state index is 9.95. The molecular weight excluding hydrogens is 189 g/mol. The number of benzene rings is 1. The zero-order valence-corrected chi connectivity index (χ0v) is 7.53. The monoisotopic (exact) mass is 195 g/mol. The third kappa shape index (κ3) is 1.76. The molecule has 13 heavy (non-hydrogen) atoms. The average Bonchev–Trinajstić information content (AvgIpc) is 2.18. The molecule has 0 fully saturated rings. The van der Waals surface area contributed by atoms with Crippen LogP contribution in [0.1, 0.15) is 5.56 Å². The Hall–Kier alpha value is -1.21. The standard InChI is InChI=1S/C8H6NO3P/c10-6-9-13-11-5-7-3-1-2-4-8(7)12-13/h1-4H,5H2. The van der Waals surface area contributed by atoms with Gasteiger partial charge in [-0.25, -0.2) is 4.79 Å². The molecule has 0 spiro atoms. The van der Waals surface area contributed by atoms with Crippen molar-refractivity contribution in [3.63, 3.8) is 0 Å². The number of carbonyl (C=O) groups excluding carboxylic acids is 1. The zero-order chi connectivity index (χ0) is 9.10. The number of fused-ring (bicyclic) bond motifs is 1. The van der Waals surface area contributed by atoms with Gasteiger partial charge >= 0.3 is 8.53 Å². The summed E-state index contributed by atoms with van der Waals surface area (Å²) >= 11 is 0. The van der Waals surface area contributed by atoms with E-state index in [0.29, 0.717) is 6.61 Å². The summed E-state index contributed by atoms with van der Waals surface area (Å²) in [5.74, 6) is 0.735. The molecule has 2 rings (SSSR count). The minimum atomic E-state index is -1.46. The van der Waals surface area contributed by atoms with Crippen molar-refractivity contribution in [3.8, 4) is 5.75 Å². The lowest BCUT2D eigenvalue weighted by Gasteiger charge is -2.19. The molecule has 0 radical (unpaired) electrons. The number of nitrogens with zero attached hydrogens (tertiary/aromatic N) is 1. The molecule has 4 nitrogen and oxygen atoms in total. The van der Waals surface area contributed by atoms with E-state index in [1.54, 1.807) is 0 Å². The van der Waals surface area contributed by atoms with Crippen molar-refractivity contribution in [3.05, 3.63) is 29.8 Å². The average molecular weight is 195 g/mol. The Labute approximate surface area is 76.2 Å². The van der Waals surface area contributed by atoms with E-state index in [4.69, 9.17) is 9.05 Å². The highest BCUT2D eigenvalue weighted by Crippen LogP contribution is 2.46. The van der Waals surface area contributed by atoms with Gasteiger partial charge in [0.25, 0.3) is 0 Å². The van der Waals surface area contributed by atoms with E-state index in [-0.39, 0.29) is 0 Å². The van der Waals surface area contributed by atoms with E-state index >= 15 is 0 Å². The zero-order valence-electron chi connectivity index (χ0n) is 6.64. The molecule has 0 amide bonds. The largest absolute Gasteiger partial charge is 0.430 e. The van der Waals surface area contributed by atoms with Crippen molar-refractivity contribution >= 4 is 14.6 Å². The summed E-state index contributed by atoms with van der Waals surface area (Å²) in [6, 6.07) is 7.50. The molecule has 1 unspecified atom stereocenters. The number of rotatable bonds is 1. The predicted molar refractivity (Wildman–Crippen MR) is 46.9 cm³/mol. The number of isocyanates is 1. The quantitative estimate of drug-likeness (QED) is 0.392. The third-order valence-corrected chi connectivity index (χ3v) is 2.55. The van der Waals surface area contributed by atoms with Crippen LogP contribution in [0, 0.1) is 0 Å². The van der Waals surface area contributed by atoms with Gasteiger partial charge in [0, 0.05) is 5.56 Å². The van der Waals surface area contributed by atoms with Gasteiger partial charge in [0.2, 0.25) is 6.08 Å². The summed E-state index contributed by atoms with van der Waals surface area (Å²) in [4.78, 5) is 9.95. The Morgan fingerprint density at radius 3 is 3.15 bits per heavy atom. The molecular formula is C8H6NO3P. The first-order valence-corrected chi connectivity index (χ1v) is 4.80. The Kier molecular flexibility index (Phi) is 2.37. The number of para-hydroxylation sites is 1. The van der Waals surface area contributed by atoms with E-state index in [1.165, 1.54) is 6.08 Å². The summed E-state index contributed by atoms with van der Waals surface area (Å²) in [6.07, 6.45) is 1.42. The Morgan fingerprint density at radius 2 is 2.31 bits per heavy atom. The van der Waals surface area contributed by atoms with Crippen LogP contribution in [0.3, 0.4) is 0 Å². The van der Waals surface area contributed by atoms with Gasteiger partial charge < -0.3 is 9.05 Å². The summed E-state index contributed by atoms with van der Waals surface area (Å²) in [7, 11) is -1.46. The maximum Gasteiger partial charge on any atom is 0.385 e. The van der Waals surface area contributed by atoms with Crippen LogP contribution in [0.15, 0.2) is 29.0 Å². The highest BCUT2D eigenvalue weighted by atomic mass is 31.2. The molecule has 1 aliphatic heterocycles. The van der Waals surface area contributed by atoms with Gasteiger partial charge in [-0.2, -0.15) is 0 Å². The Bertz CT molecular complexity index is 362. The second-order valence-corrected chi connectivity index (χ2v) is 3.52. The van der Waals surface area contributed by atoms with Crippen molar-refractivity contribution < 1.29 is 13.8 Å². The van der Waals surface area contributed by atoms with Crippen LogP contribution in [0.5, 0.6) is 5.75 Å². The number of hydrogen-bond acceptors (Lipinski definition) is 4. The van der Waals surface area contributed by atoms with E-state index in [1.807, 2.05) is 24.3 Å². The third-order valence-electron chi connectivity index (χ3n) is 1.60. The fourth-order valence-electron chi connectivity index (χ4n) is 1.03. The number of hydrogen-bond donors (Lipinski definition) is 0. The summed E-state index contributed by atoms with van der Waals surface area (Å²) in [5.41, 5.74) is 0.974. The van der Waals surface area contributed by atoms with E-state index in [9.17, 15) is 4.79 Å². The maximum absolute atomic E-state index is 9.95. The minimum absolute atomic E-state index is 0.438. The van der Waals surface area contributed by atoms with Gasteiger partial charge in [0.1, 0.15) is 5.75 Å². The molecule has 0 aliphatic carbocycles. The first-order valence-electron chi connectivity index (χ1n) is 3.67. The van der Waals surface area contributed by atoms with E-state index in [2.05, 4.69) is 4.76 Å². The van der Waals surface area contributed by atoms with Gasteiger partial charge in [0.15, 0.2) is 0 Å². The van der Waals surface area contributed by atoms with Crippen LogP contribution in [-0.2, 0) is 15.9 Å². The normalized spacial score (nSPS) is 19.5. The van der Waals surface area contributed by atoms with Gasteiger partial charge in [-0.15, -0.1) is 4.76 Å². The summed E-state index contributed by atoms with van der Waals surface area (Å²) in [5, 5.41) is 0. The second kappa shape index (κ2) is 3.67. The van der Waals surface area contributed by atoms with Gasteiger partial charge in [-0.1, -0.05) is 18.2 Å². The fourth-order valence-corrected chi connectivity index (χ4v) is 1.84. The molecule has 1 heterocycles. The predicted octanol–water partition coefficient (Wildman–Crippen LogP) is 2.16. The Balaban J connectivity index is 2.24. The molecule has 0 bridgehead atoms. The second-order valence-electron chi connectivity index (χ2n) is 2.40. The molecule has 0 N–H and O–H groups in total. The van der Waals surface area contributed by atoms with Crippen LogP contribution in [0.2, 0.25) is 0 Å². The summed E-state index contributed by atoms with van der Waals surface area (Å²) < 4.78 is 13.8. The molecule has 0 saturated carbocycles. The van der Waals surface area contributed by atoms with Crippen LogP contribution in [-0.4, -0.2) is 6.08 Å². The molecule has 5 heteroatoms. The van der Waals surface area contributed by atoms with Crippen LogP contribution < -0.4 is 4.52 Å². The van der Waals surface area contributed by atoms with Crippen LogP contribution in [0.25, 0.3) is 0 Å². The smallest absolute Gasteiger partial charge is 0.385 e. The van der Waals surface area contributed by atoms with Crippen molar-refractivity contribution in [2.45, 2.75) is 6.61 Å². The van der Waals surface area contributed by atoms with Gasteiger partial charge in [-0.3, -0.25) is 0 Å². The van der Waals surface area contributed by atoms with Crippen molar-refractivity contribution in [1.29, 1.82) is 0 Å². The first kappa shape index (κ1) is 8.39. The molecule has 0 saturated heterocycles. The molecule has 1 aliphatic rings. The van der Waals surface area contributed by atoms with Gasteiger partial charge in [-0.05, 0) is 6.07 Å². The van der Waals surface area contributed by atoms with Crippen molar-refractivity contribution in [2.75, 3.05) is 0 Å². The van der Waals surface area contributed by atoms with Crippen molar-refractivity contribution in [2.24, 2.45) is 4.76 Å². The SMILES string of the molecule is O=C=NP1OCc2ccccc2O1. The van der Waals surface area contributed by atoms with Gasteiger partial charge in [0.05, 0.1) is 6.61 Å². The minimum Gasteiger partial charge on any atom is -0.430 e. The summed E-state index contributed by atoms with van der Waals surface area (Å²) in [6.45, 7) is 0.438. The lowest BCUT2D eigenvalue weighted by atomic mass is 10.2. The van der Waals surface area contributed by atoms with E-state index < -0.39 is 8.53 Å². The van der Waals surface area contributed by atoms with Crippen molar-refractivity contribution in [1.82, 2.24) is 0 Å². The molecule has 0 aromatic heterocycles. The first-order chi connectivity index (χ1) is 6.40. The topological polar surface area (TPSA) is 47.9 Å². The lowest BCUT2D eigenvalue weighted by Crippen LogP contribution is -2.01. The van der Waals surface area contributed by atoms with Crippen LogP contribution >= 0.6 is 8.53 Å². The van der Waals surface area contributed by atoms with E-state index in [0.717, 1.165) is 11.3 Å².